The monoisotopic (exact) mass is 699 g/mol. The van der Waals surface area contributed by atoms with E-state index in [-0.39, 0.29) is 37.7 Å². The Morgan fingerprint density at radius 1 is 0.961 bits per heavy atom. The number of ether oxygens (including phenoxy) is 2. The normalized spacial score (nSPS) is 16.6. The molecule has 0 unspecified atom stereocenters. The predicted octanol–water partition coefficient (Wildman–Crippen LogP) is 7.54. The lowest BCUT2D eigenvalue weighted by atomic mass is 9.80. The van der Waals surface area contributed by atoms with E-state index >= 15 is 0 Å². The van der Waals surface area contributed by atoms with Gasteiger partial charge in [0.25, 0.3) is 5.91 Å². The van der Waals surface area contributed by atoms with E-state index in [1.807, 2.05) is 0 Å². The molecule has 0 saturated heterocycles. The number of carbonyl (C=O) groups excluding carboxylic acids is 1. The van der Waals surface area contributed by atoms with Gasteiger partial charge in [0.15, 0.2) is 11.6 Å². The number of carbonyl (C=O) groups is 1. The Morgan fingerprint density at radius 2 is 1.67 bits per heavy atom. The minimum absolute atomic E-state index is 0.0164. The number of rotatable bonds is 15. The smallest absolute Gasteiger partial charge is 0.416 e. The van der Waals surface area contributed by atoms with Gasteiger partial charge in [-0.2, -0.15) is 13.2 Å². The molecule has 13 nitrogen and oxygen atoms in total. The number of nitrogens with one attached hydrogen (secondary N) is 2. The molecule has 0 aliphatic carbocycles. The summed E-state index contributed by atoms with van der Waals surface area (Å²) in [6, 6.07) is 25.0. The summed E-state index contributed by atoms with van der Waals surface area (Å²) in [5.74, 6) is -0.00540. The van der Waals surface area contributed by atoms with E-state index in [1.165, 1.54) is 12.1 Å². The Balaban J connectivity index is 1.58. The predicted molar refractivity (Wildman–Crippen MR) is 181 cm³/mol. The lowest BCUT2D eigenvalue weighted by Gasteiger charge is -2.32. The van der Waals surface area contributed by atoms with Gasteiger partial charge >= 0.3 is 6.18 Å². The minimum atomic E-state index is -4.49. The zero-order valence-electron chi connectivity index (χ0n) is 27.0. The summed E-state index contributed by atoms with van der Waals surface area (Å²) < 4.78 is 51.5. The largest absolute Gasteiger partial charge is 0.494 e. The van der Waals surface area contributed by atoms with Gasteiger partial charge in [-0.15, -0.1) is 0 Å². The van der Waals surface area contributed by atoms with Gasteiger partial charge in [0.1, 0.15) is 5.75 Å². The second-order valence-corrected chi connectivity index (χ2v) is 11.4. The highest BCUT2D eigenvalue weighted by molar-refractivity contribution is 6.01. The highest BCUT2D eigenvalue weighted by Gasteiger charge is 2.54. The lowest BCUT2D eigenvalue weighted by Crippen LogP contribution is -2.53. The molecule has 0 radical (unpaired) electrons. The molecule has 3 N–H and O–H groups in total. The summed E-state index contributed by atoms with van der Waals surface area (Å²) in [6.07, 6.45) is -5.27. The first kappa shape index (κ1) is 36.2. The van der Waals surface area contributed by atoms with Crippen LogP contribution in [0.2, 0.25) is 0 Å². The Morgan fingerprint density at radius 3 is 2.35 bits per heavy atom. The standard InChI is InChI=1S/C35H32F3N9O4/c36-35(37,38)27-14-10-23(11-15-27)21-41-45-33(49)34(20-25-6-2-4-9-30(25)44-47-40)31(29-8-3-1-7-26(29)22-42-46-39)51-32(43-34)24-12-16-28(17-13-24)50-19-5-18-48/h1-4,6-17,31,41,48H,5,18-22H2,(H,45,49)/t31-,34-/m0/s1. The van der Waals surface area contributed by atoms with E-state index < -0.39 is 29.3 Å². The fourth-order valence-corrected chi connectivity index (χ4v) is 5.54. The molecule has 51 heavy (non-hydrogen) atoms. The molecule has 16 heteroatoms. The Hall–Kier alpha value is -6.05. The molecule has 0 fully saturated rings. The van der Waals surface area contributed by atoms with Crippen LogP contribution in [-0.4, -0.2) is 35.7 Å². The van der Waals surface area contributed by atoms with Gasteiger partial charge in [0, 0.05) is 47.1 Å². The van der Waals surface area contributed by atoms with Crippen molar-refractivity contribution < 1.29 is 32.5 Å². The van der Waals surface area contributed by atoms with E-state index in [1.54, 1.807) is 72.8 Å². The molecule has 1 aliphatic rings. The molecule has 1 heterocycles. The van der Waals surface area contributed by atoms with Crippen molar-refractivity contribution in [3.8, 4) is 5.75 Å². The summed E-state index contributed by atoms with van der Waals surface area (Å²) in [5.41, 5.74) is 24.1. The fraction of sp³-hybridized carbons (Fsp3) is 0.257. The molecule has 0 spiro atoms. The third kappa shape index (κ3) is 8.76. The van der Waals surface area contributed by atoms with Gasteiger partial charge in [-0.1, -0.05) is 70.9 Å². The van der Waals surface area contributed by atoms with Crippen molar-refractivity contribution in [2.45, 2.75) is 43.8 Å². The molecule has 1 amide bonds. The van der Waals surface area contributed by atoms with Gasteiger partial charge in [-0.25, -0.2) is 10.4 Å². The average Bonchev–Trinajstić information content (AvgIpc) is 3.52. The van der Waals surface area contributed by atoms with Crippen molar-refractivity contribution in [2.75, 3.05) is 13.2 Å². The quantitative estimate of drug-likeness (QED) is 0.0379. The summed E-state index contributed by atoms with van der Waals surface area (Å²) in [6.45, 7) is 0.214. The van der Waals surface area contributed by atoms with E-state index in [2.05, 4.69) is 30.9 Å². The van der Waals surface area contributed by atoms with Crippen molar-refractivity contribution in [3.05, 3.63) is 151 Å². The molecule has 0 aromatic heterocycles. The van der Waals surface area contributed by atoms with Gasteiger partial charge in [0.05, 0.1) is 18.7 Å². The van der Waals surface area contributed by atoms with Crippen LogP contribution in [0.3, 0.4) is 0 Å². The van der Waals surface area contributed by atoms with Crippen LogP contribution in [0.15, 0.2) is 112 Å². The van der Waals surface area contributed by atoms with Crippen LogP contribution in [-0.2, 0) is 35.2 Å². The SMILES string of the molecule is [N-]=[N+]=NCc1ccccc1[C@@H]1OC(c2ccc(OCCCO)cc2)=N[C@]1(Cc1ccccc1N=[N+]=[N-])C(=O)NNCc1ccc(C(F)(F)F)cc1. The van der Waals surface area contributed by atoms with Crippen LogP contribution in [0.4, 0.5) is 18.9 Å². The number of aliphatic hydroxyl groups excluding tert-OH is 1. The molecule has 5 rings (SSSR count). The second kappa shape index (κ2) is 16.6. The molecule has 4 aromatic carbocycles. The van der Waals surface area contributed by atoms with Crippen LogP contribution >= 0.6 is 0 Å². The summed E-state index contributed by atoms with van der Waals surface area (Å²) in [7, 11) is 0. The number of alkyl halides is 3. The van der Waals surface area contributed by atoms with Crippen molar-refractivity contribution in [3.63, 3.8) is 0 Å². The summed E-state index contributed by atoms with van der Waals surface area (Å²) in [5, 5.41) is 16.6. The number of azide groups is 2. The van der Waals surface area contributed by atoms with Crippen LogP contribution < -0.4 is 15.6 Å². The van der Waals surface area contributed by atoms with E-state index in [4.69, 9.17) is 25.1 Å². The van der Waals surface area contributed by atoms with Gasteiger partial charge < -0.3 is 14.6 Å². The van der Waals surface area contributed by atoms with Crippen molar-refractivity contribution in [1.82, 2.24) is 10.9 Å². The zero-order valence-corrected chi connectivity index (χ0v) is 27.0. The molecule has 262 valence electrons. The van der Waals surface area contributed by atoms with Crippen LogP contribution in [0.1, 0.15) is 45.9 Å². The van der Waals surface area contributed by atoms with Gasteiger partial charge in [0.2, 0.25) is 5.90 Å². The first-order chi connectivity index (χ1) is 24.7. The first-order valence-corrected chi connectivity index (χ1v) is 15.7. The van der Waals surface area contributed by atoms with E-state index in [9.17, 15) is 23.5 Å². The number of benzene rings is 4. The van der Waals surface area contributed by atoms with Crippen molar-refractivity contribution in [2.24, 2.45) is 15.2 Å². The number of amides is 1. The molecule has 4 aromatic rings. The van der Waals surface area contributed by atoms with E-state index in [0.717, 1.165) is 12.1 Å². The van der Waals surface area contributed by atoms with Crippen LogP contribution in [0, 0.1) is 0 Å². The molecular formula is C35H32F3N9O4. The zero-order chi connectivity index (χ0) is 36.3. The number of hydrazine groups is 1. The number of nitrogens with zero attached hydrogens (tertiary/aromatic N) is 7. The fourth-order valence-electron chi connectivity index (χ4n) is 5.54. The maximum atomic E-state index is 14.6. The van der Waals surface area contributed by atoms with Crippen molar-refractivity contribution in [1.29, 1.82) is 0 Å². The topological polar surface area (TPSA) is 190 Å². The first-order valence-electron chi connectivity index (χ1n) is 15.7. The third-order valence-electron chi connectivity index (χ3n) is 8.05. The van der Waals surface area contributed by atoms with Gasteiger partial charge in [-0.05, 0) is 69.7 Å². The Labute approximate surface area is 290 Å². The van der Waals surface area contributed by atoms with Crippen LogP contribution in [0.25, 0.3) is 20.9 Å². The third-order valence-corrected chi connectivity index (χ3v) is 8.05. The van der Waals surface area contributed by atoms with Crippen LogP contribution in [0.5, 0.6) is 5.75 Å². The minimum Gasteiger partial charge on any atom is -0.494 e. The molecule has 0 bridgehead atoms. The summed E-state index contributed by atoms with van der Waals surface area (Å²) in [4.78, 5) is 25.3. The maximum absolute atomic E-state index is 14.6. The molecule has 0 saturated carbocycles. The number of hydrogen-bond donors (Lipinski definition) is 3. The molecule has 2 atom stereocenters. The highest BCUT2D eigenvalue weighted by Crippen LogP contribution is 2.45. The number of hydrogen-bond acceptors (Lipinski definition) is 8. The lowest BCUT2D eigenvalue weighted by molar-refractivity contribution is -0.137. The second-order valence-electron chi connectivity index (χ2n) is 11.4. The number of aliphatic hydroxyl groups is 1. The number of aliphatic imine (C=N–C) groups is 1. The molecular weight excluding hydrogens is 667 g/mol. The van der Waals surface area contributed by atoms with E-state index in [0.29, 0.717) is 46.6 Å². The molecule has 1 aliphatic heterocycles. The highest BCUT2D eigenvalue weighted by atomic mass is 19.4. The summed E-state index contributed by atoms with van der Waals surface area (Å²) >= 11 is 0. The Bertz CT molecular complexity index is 1960. The Kier molecular flexibility index (Phi) is 11.8. The van der Waals surface area contributed by atoms with Gasteiger partial charge in [-0.3, -0.25) is 10.2 Å². The number of halogens is 3. The van der Waals surface area contributed by atoms with Crippen molar-refractivity contribution >= 4 is 17.5 Å². The average molecular weight is 700 g/mol. The maximum Gasteiger partial charge on any atom is 0.416 e.